The Morgan fingerprint density at radius 3 is 3.30 bits per heavy atom. The van der Waals surface area contributed by atoms with Gasteiger partial charge >= 0.3 is 0 Å². The van der Waals surface area contributed by atoms with Crippen molar-refractivity contribution in [3.8, 4) is 0 Å². The molecule has 3 heteroatoms. The Morgan fingerprint density at radius 2 is 2.50 bits per heavy atom. The van der Waals surface area contributed by atoms with Crippen LogP contribution in [0.4, 0.5) is 5.82 Å². The Morgan fingerprint density at radius 1 is 1.60 bits per heavy atom. The number of pyridine rings is 1. The standard InChI is InChI=1S/C7H9N3/c8-10-5-3-6-2-1-4-9-7(6)10/h1-2,4H,3,5,8H2. The number of nitrogens with zero attached hydrogens (tertiary/aromatic N) is 2. The van der Waals surface area contributed by atoms with Crippen molar-refractivity contribution in [1.29, 1.82) is 0 Å². The summed E-state index contributed by atoms with van der Waals surface area (Å²) in [6.07, 6.45) is 2.80. The van der Waals surface area contributed by atoms with Gasteiger partial charge in [-0.3, -0.25) is 5.01 Å². The molecular weight excluding hydrogens is 126 g/mol. The number of nitrogens with two attached hydrogens (primary N) is 1. The van der Waals surface area contributed by atoms with Crippen LogP contribution in [-0.2, 0) is 6.42 Å². The van der Waals surface area contributed by atoms with Crippen LogP contribution in [0.3, 0.4) is 0 Å². The van der Waals surface area contributed by atoms with E-state index >= 15 is 0 Å². The smallest absolute Gasteiger partial charge is 0.145 e. The Kier molecular flexibility index (Phi) is 1.11. The highest BCUT2D eigenvalue weighted by Crippen LogP contribution is 2.20. The minimum Gasteiger partial charge on any atom is -0.294 e. The van der Waals surface area contributed by atoms with Crippen LogP contribution in [0, 0.1) is 0 Å². The minimum atomic E-state index is 0.895. The molecule has 0 aliphatic carbocycles. The van der Waals surface area contributed by atoms with E-state index in [1.807, 2.05) is 6.07 Å². The lowest BCUT2D eigenvalue weighted by Crippen LogP contribution is -2.28. The molecule has 2 N–H and O–H groups in total. The molecule has 2 rings (SSSR count). The van der Waals surface area contributed by atoms with Crippen molar-refractivity contribution in [1.82, 2.24) is 4.98 Å². The predicted molar refractivity (Wildman–Crippen MR) is 39.5 cm³/mol. The molecule has 1 aromatic heterocycles. The molecule has 3 nitrogen and oxygen atoms in total. The van der Waals surface area contributed by atoms with E-state index in [1.165, 1.54) is 5.56 Å². The summed E-state index contributed by atoms with van der Waals surface area (Å²) in [5, 5.41) is 1.69. The van der Waals surface area contributed by atoms with Crippen molar-refractivity contribution in [3.05, 3.63) is 23.9 Å². The third-order valence-electron chi connectivity index (χ3n) is 1.76. The molecule has 1 aromatic rings. The van der Waals surface area contributed by atoms with Crippen molar-refractivity contribution < 1.29 is 0 Å². The van der Waals surface area contributed by atoms with Crippen LogP contribution in [0.5, 0.6) is 0 Å². The zero-order valence-electron chi connectivity index (χ0n) is 5.62. The molecule has 0 spiro atoms. The molecular formula is C7H9N3. The second-order valence-corrected chi connectivity index (χ2v) is 2.43. The Bertz CT molecular complexity index is 246. The maximum absolute atomic E-state index is 5.62. The summed E-state index contributed by atoms with van der Waals surface area (Å²) >= 11 is 0. The largest absolute Gasteiger partial charge is 0.294 e. The van der Waals surface area contributed by atoms with Gasteiger partial charge in [-0.15, -0.1) is 0 Å². The van der Waals surface area contributed by atoms with Crippen molar-refractivity contribution in [2.24, 2.45) is 5.84 Å². The summed E-state index contributed by atoms with van der Waals surface area (Å²) in [7, 11) is 0. The average molecular weight is 135 g/mol. The van der Waals surface area contributed by atoms with E-state index in [0.29, 0.717) is 0 Å². The molecule has 1 aliphatic heterocycles. The van der Waals surface area contributed by atoms with Gasteiger partial charge in [0.05, 0.1) is 0 Å². The van der Waals surface area contributed by atoms with E-state index in [9.17, 15) is 0 Å². The second-order valence-electron chi connectivity index (χ2n) is 2.43. The van der Waals surface area contributed by atoms with E-state index < -0.39 is 0 Å². The normalized spacial score (nSPS) is 15.5. The van der Waals surface area contributed by atoms with Crippen LogP contribution >= 0.6 is 0 Å². The van der Waals surface area contributed by atoms with Gasteiger partial charge in [-0.25, -0.2) is 10.8 Å². The quantitative estimate of drug-likeness (QED) is 0.521. The molecule has 0 saturated carbocycles. The van der Waals surface area contributed by atoms with Crippen LogP contribution < -0.4 is 10.9 Å². The molecule has 0 fully saturated rings. The van der Waals surface area contributed by atoms with Crippen molar-refractivity contribution in [2.75, 3.05) is 11.6 Å². The number of hydrogen-bond donors (Lipinski definition) is 1. The number of rotatable bonds is 0. The zero-order valence-corrected chi connectivity index (χ0v) is 5.62. The maximum atomic E-state index is 5.62. The number of fused-ring (bicyclic) bond motifs is 1. The zero-order chi connectivity index (χ0) is 6.97. The van der Waals surface area contributed by atoms with Gasteiger partial charge in [-0.1, -0.05) is 6.07 Å². The van der Waals surface area contributed by atoms with E-state index in [1.54, 1.807) is 11.2 Å². The summed E-state index contributed by atoms with van der Waals surface area (Å²) in [6, 6.07) is 4.01. The average Bonchev–Trinajstić information content (AvgIpc) is 2.34. The molecule has 0 amide bonds. The van der Waals surface area contributed by atoms with Gasteiger partial charge in [-0.05, 0) is 18.1 Å². The van der Waals surface area contributed by atoms with Crippen LogP contribution in [0.2, 0.25) is 0 Å². The third-order valence-corrected chi connectivity index (χ3v) is 1.76. The molecule has 0 bridgehead atoms. The Labute approximate surface area is 59.4 Å². The monoisotopic (exact) mass is 135 g/mol. The maximum Gasteiger partial charge on any atom is 0.145 e. The van der Waals surface area contributed by atoms with Gasteiger partial charge in [0.1, 0.15) is 5.82 Å². The van der Waals surface area contributed by atoms with Crippen LogP contribution in [0.25, 0.3) is 0 Å². The molecule has 2 heterocycles. The summed E-state index contributed by atoms with van der Waals surface area (Å²) in [5.74, 6) is 6.55. The molecule has 0 atom stereocenters. The second kappa shape index (κ2) is 1.95. The highest BCUT2D eigenvalue weighted by molar-refractivity contribution is 5.49. The van der Waals surface area contributed by atoms with Gasteiger partial charge in [0.2, 0.25) is 0 Å². The molecule has 0 unspecified atom stereocenters. The highest BCUT2D eigenvalue weighted by Gasteiger charge is 2.15. The van der Waals surface area contributed by atoms with Gasteiger partial charge in [0.15, 0.2) is 0 Å². The van der Waals surface area contributed by atoms with Crippen LogP contribution in [0.1, 0.15) is 5.56 Å². The highest BCUT2D eigenvalue weighted by atomic mass is 15.4. The fourth-order valence-corrected chi connectivity index (χ4v) is 1.23. The number of hydrazine groups is 1. The minimum absolute atomic E-state index is 0.895. The summed E-state index contributed by atoms with van der Waals surface area (Å²) in [4.78, 5) is 4.14. The first-order valence-corrected chi connectivity index (χ1v) is 3.34. The van der Waals surface area contributed by atoms with Crippen molar-refractivity contribution >= 4 is 5.82 Å². The van der Waals surface area contributed by atoms with E-state index in [2.05, 4.69) is 11.1 Å². The summed E-state index contributed by atoms with van der Waals surface area (Å²) in [6.45, 7) is 0.895. The molecule has 10 heavy (non-hydrogen) atoms. The lowest BCUT2D eigenvalue weighted by molar-refractivity contribution is 0.880. The van der Waals surface area contributed by atoms with Crippen molar-refractivity contribution in [2.45, 2.75) is 6.42 Å². The van der Waals surface area contributed by atoms with Gasteiger partial charge in [-0.2, -0.15) is 0 Å². The van der Waals surface area contributed by atoms with E-state index in [-0.39, 0.29) is 0 Å². The third kappa shape index (κ3) is 0.675. The van der Waals surface area contributed by atoms with Gasteiger partial charge in [0, 0.05) is 12.7 Å². The van der Waals surface area contributed by atoms with E-state index in [0.717, 1.165) is 18.8 Å². The first-order chi connectivity index (χ1) is 4.88. The number of hydrogen-bond acceptors (Lipinski definition) is 3. The first kappa shape index (κ1) is 5.68. The summed E-state index contributed by atoms with van der Waals surface area (Å²) in [5.41, 5.74) is 1.25. The lowest BCUT2D eigenvalue weighted by Gasteiger charge is -2.08. The number of anilines is 1. The van der Waals surface area contributed by atoms with Crippen LogP contribution in [-0.4, -0.2) is 11.5 Å². The Hall–Kier alpha value is -1.09. The number of aromatic nitrogens is 1. The Balaban J connectivity index is 2.51. The fraction of sp³-hybridized carbons (Fsp3) is 0.286. The molecule has 0 saturated heterocycles. The van der Waals surface area contributed by atoms with E-state index in [4.69, 9.17) is 5.84 Å². The first-order valence-electron chi connectivity index (χ1n) is 3.34. The molecule has 0 radical (unpaired) electrons. The van der Waals surface area contributed by atoms with Gasteiger partial charge < -0.3 is 0 Å². The van der Waals surface area contributed by atoms with Gasteiger partial charge in [0.25, 0.3) is 0 Å². The molecule has 52 valence electrons. The topological polar surface area (TPSA) is 42.1 Å². The molecule has 0 aromatic carbocycles. The van der Waals surface area contributed by atoms with Crippen LogP contribution in [0.15, 0.2) is 18.3 Å². The lowest BCUT2D eigenvalue weighted by atomic mass is 10.2. The molecule has 1 aliphatic rings. The predicted octanol–water partition coefficient (Wildman–Crippen LogP) is 0.318. The fourth-order valence-electron chi connectivity index (χ4n) is 1.23. The SMILES string of the molecule is NN1CCc2cccnc21. The summed E-state index contributed by atoms with van der Waals surface area (Å²) < 4.78 is 0. The van der Waals surface area contributed by atoms with Crippen molar-refractivity contribution in [3.63, 3.8) is 0 Å².